The molecule has 2 heteroatoms. The van der Waals surface area contributed by atoms with Gasteiger partial charge in [0.1, 0.15) is 23.0 Å². The van der Waals surface area contributed by atoms with Crippen molar-refractivity contribution in [2.45, 2.75) is 64.6 Å². The Kier molecular flexibility index (Phi) is 5.36. The fourth-order valence-electron chi connectivity index (χ4n) is 4.08. The Labute approximate surface area is 155 Å². The van der Waals surface area contributed by atoms with Crippen LogP contribution in [-0.4, -0.2) is 0 Å². The molecule has 0 spiro atoms. The van der Waals surface area contributed by atoms with Gasteiger partial charge >= 0.3 is 0 Å². The minimum atomic E-state index is 1.18. The third kappa shape index (κ3) is 3.28. The van der Waals surface area contributed by atoms with Gasteiger partial charge in [-0.3, -0.25) is 0 Å². The van der Waals surface area contributed by atoms with E-state index in [0.717, 1.165) is 0 Å². The summed E-state index contributed by atoms with van der Waals surface area (Å²) >= 11 is 3.06. The summed E-state index contributed by atoms with van der Waals surface area (Å²) in [7, 11) is 0. The van der Waals surface area contributed by atoms with E-state index in [9.17, 15) is 0 Å². The molecule has 0 unspecified atom stereocenters. The van der Waals surface area contributed by atoms with Gasteiger partial charge in [-0.25, -0.2) is 0 Å². The number of thiol groups is 2. The van der Waals surface area contributed by atoms with Gasteiger partial charge in [-0.2, -0.15) is 0 Å². The number of fused-ring (bicyclic) bond motifs is 4. The van der Waals surface area contributed by atoms with Crippen LogP contribution in [0.3, 0.4) is 0 Å². The fraction of sp³-hybridized carbons (Fsp3) is 0.455. The second-order valence-electron chi connectivity index (χ2n) is 7.26. The molecule has 0 aliphatic carbocycles. The summed E-state index contributed by atoms with van der Waals surface area (Å²) in [6.07, 6.45) is 0. The van der Waals surface area contributed by atoms with Crippen LogP contribution in [0, 0.1) is 41.5 Å². The summed E-state index contributed by atoms with van der Waals surface area (Å²) in [5.74, 6) is 4.74. The summed E-state index contributed by atoms with van der Waals surface area (Å²) in [4.78, 5) is 0. The van der Waals surface area contributed by atoms with E-state index in [-0.39, 0.29) is 0 Å². The van der Waals surface area contributed by atoms with Crippen LogP contribution in [0.1, 0.15) is 55.6 Å². The second kappa shape index (κ2) is 7.17. The van der Waals surface area contributed by atoms with Crippen LogP contribution in [0.4, 0.5) is 0 Å². The lowest BCUT2D eigenvalue weighted by atomic mass is 9.95. The first-order valence-electron chi connectivity index (χ1n) is 8.83. The predicted octanol–water partition coefficient (Wildman–Crippen LogP) is 4.88. The van der Waals surface area contributed by atoms with Crippen molar-refractivity contribution >= 4 is 23.5 Å². The van der Waals surface area contributed by atoms with E-state index in [1.165, 1.54) is 68.8 Å². The average molecular weight is 359 g/mol. The van der Waals surface area contributed by atoms with Crippen LogP contribution in [0.5, 0.6) is 0 Å². The van der Waals surface area contributed by atoms with E-state index in [0.29, 0.717) is 0 Å². The zero-order valence-electron chi connectivity index (χ0n) is 15.9. The van der Waals surface area contributed by atoms with Crippen molar-refractivity contribution < 1.29 is 0 Å². The van der Waals surface area contributed by atoms with E-state index < -0.39 is 0 Å². The molecule has 0 amide bonds. The molecular formula is C22H30S2+2. The van der Waals surface area contributed by atoms with Gasteiger partial charge in [-0.15, -0.1) is 0 Å². The average Bonchev–Trinajstić information content (AvgIpc) is 2.50. The van der Waals surface area contributed by atoms with E-state index >= 15 is 0 Å². The first kappa shape index (κ1) is 17.9. The third-order valence-electron chi connectivity index (χ3n) is 5.66. The molecule has 4 bridgehead atoms. The maximum absolute atomic E-state index is 2.41. The first-order chi connectivity index (χ1) is 11.4. The number of aryl methyl sites for hydroxylation is 4. The second-order valence-corrected chi connectivity index (χ2v) is 9.42. The molecule has 0 atom stereocenters. The molecule has 0 fully saturated rings. The van der Waals surface area contributed by atoms with Crippen LogP contribution < -0.4 is 0 Å². The Hall–Kier alpha value is -0.860. The minimum Gasteiger partial charge on any atom is -0.0555 e. The number of rotatable bonds is 0. The standard InChI is InChI=1S/C22H28S2/c1-13-7-14(2)20-10-24-12-22-16(4)8-15(3)21(18(22)6)11-23-9-19(13)17(20)5/h7-8H,9-12H2,1-6H3/p+2. The first-order valence-corrected chi connectivity index (χ1v) is 11.4. The molecule has 1 aliphatic heterocycles. The van der Waals surface area contributed by atoms with Gasteiger partial charge < -0.3 is 0 Å². The highest BCUT2D eigenvalue weighted by molar-refractivity contribution is 7.77. The summed E-state index contributed by atoms with van der Waals surface area (Å²) in [6, 6.07) is 4.82. The Bertz CT molecular complexity index is 664. The minimum absolute atomic E-state index is 1.18. The van der Waals surface area contributed by atoms with Crippen molar-refractivity contribution in [2.24, 2.45) is 0 Å². The molecule has 1 heterocycles. The number of benzene rings is 2. The van der Waals surface area contributed by atoms with Crippen molar-refractivity contribution in [3.05, 3.63) is 67.8 Å². The molecular weight excluding hydrogens is 328 g/mol. The van der Waals surface area contributed by atoms with Gasteiger partial charge in [0.2, 0.25) is 0 Å². The molecule has 2 aromatic rings. The monoisotopic (exact) mass is 358 g/mol. The van der Waals surface area contributed by atoms with Gasteiger partial charge in [0.25, 0.3) is 0 Å². The lowest BCUT2D eigenvalue weighted by molar-refractivity contribution is 1.12. The van der Waals surface area contributed by atoms with Crippen LogP contribution in [0.15, 0.2) is 12.1 Å². The number of hydrogen-bond acceptors (Lipinski definition) is 0. The zero-order chi connectivity index (χ0) is 17.4. The van der Waals surface area contributed by atoms with Crippen LogP contribution in [0.25, 0.3) is 0 Å². The molecule has 3 rings (SSSR count). The Morgan fingerprint density at radius 2 is 0.750 bits per heavy atom. The van der Waals surface area contributed by atoms with E-state index in [4.69, 9.17) is 0 Å². The third-order valence-corrected chi connectivity index (χ3v) is 7.82. The van der Waals surface area contributed by atoms with Gasteiger partial charge in [-0.05, 0) is 98.4 Å². The molecule has 1 aliphatic rings. The highest BCUT2D eigenvalue weighted by Crippen LogP contribution is 2.29. The van der Waals surface area contributed by atoms with Crippen molar-refractivity contribution in [3.8, 4) is 0 Å². The lowest BCUT2D eigenvalue weighted by Crippen LogP contribution is -2.10. The highest BCUT2D eigenvalue weighted by atomic mass is 32.2. The van der Waals surface area contributed by atoms with Gasteiger partial charge in [0, 0.05) is 22.3 Å². The normalized spacial score (nSPS) is 14.9. The smallest absolute Gasteiger partial charge is 0.0555 e. The Balaban J connectivity index is 2.05. The van der Waals surface area contributed by atoms with Crippen LogP contribution >= 0.6 is 0 Å². The maximum Gasteiger partial charge on any atom is 0.131 e. The summed E-state index contributed by atoms with van der Waals surface area (Å²) < 4.78 is 0. The molecule has 0 radical (unpaired) electrons. The summed E-state index contributed by atoms with van der Waals surface area (Å²) in [5.41, 5.74) is 15.4. The molecule has 0 saturated heterocycles. The Morgan fingerprint density at radius 1 is 0.500 bits per heavy atom. The fourth-order valence-corrected chi connectivity index (χ4v) is 7.14. The summed E-state index contributed by atoms with van der Waals surface area (Å²) in [5, 5.41) is 0. The molecule has 0 N–H and O–H groups in total. The maximum atomic E-state index is 2.41. The Morgan fingerprint density at radius 3 is 1.00 bits per heavy atom. The molecule has 0 aromatic heterocycles. The van der Waals surface area contributed by atoms with Crippen LogP contribution in [-0.2, 0) is 46.5 Å². The van der Waals surface area contributed by atoms with Crippen molar-refractivity contribution in [1.82, 2.24) is 0 Å². The topological polar surface area (TPSA) is 0 Å². The predicted molar refractivity (Wildman–Crippen MR) is 114 cm³/mol. The van der Waals surface area contributed by atoms with Crippen molar-refractivity contribution in [2.75, 3.05) is 0 Å². The largest absolute Gasteiger partial charge is 0.131 e. The molecule has 2 aromatic carbocycles. The number of hydrogen-bond donors (Lipinski definition) is 0. The van der Waals surface area contributed by atoms with Gasteiger partial charge in [0.15, 0.2) is 0 Å². The van der Waals surface area contributed by atoms with E-state index in [1.54, 1.807) is 33.4 Å². The van der Waals surface area contributed by atoms with E-state index in [1.807, 2.05) is 0 Å². The van der Waals surface area contributed by atoms with Crippen LogP contribution in [0.2, 0.25) is 0 Å². The summed E-state index contributed by atoms with van der Waals surface area (Å²) in [6.45, 7) is 13.9. The zero-order valence-corrected chi connectivity index (χ0v) is 17.7. The SMILES string of the molecule is Cc1cc(C)c2c(C)c1C[SH+]Cc1c(C)cc(C)c(c1C)C[SH+]C2. The van der Waals surface area contributed by atoms with Gasteiger partial charge in [0.05, 0.1) is 0 Å². The van der Waals surface area contributed by atoms with Gasteiger partial charge in [-0.1, -0.05) is 12.1 Å². The molecule has 0 saturated carbocycles. The highest BCUT2D eigenvalue weighted by Gasteiger charge is 2.21. The lowest BCUT2D eigenvalue weighted by Gasteiger charge is -2.17. The molecule has 128 valence electrons. The van der Waals surface area contributed by atoms with Crippen molar-refractivity contribution in [1.29, 1.82) is 0 Å². The van der Waals surface area contributed by atoms with E-state index in [2.05, 4.69) is 53.7 Å². The van der Waals surface area contributed by atoms with Crippen molar-refractivity contribution in [3.63, 3.8) is 0 Å². The quantitative estimate of drug-likeness (QED) is 0.465. The molecule has 24 heavy (non-hydrogen) atoms. The molecule has 0 nitrogen and oxygen atoms in total.